The van der Waals surface area contributed by atoms with Gasteiger partial charge >= 0.3 is 0 Å². The quantitative estimate of drug-likeness (QED) is 0.747. The first-order valence-corrected chi connectivity index (χ1v) is 12.6. The van der Waals surface area contributed by atoms with Gasteiger partial charge in [0.15, 0.2) is 9.84 Å². The summed E-state index contributed by atoms with van der Waals surface area (Å²) in [6, 6.07) is 7.23. The fourth-order valence-electron chi connectivity index (χ4n) is 4.98. The highest BCUT2D eigenvalue weighted by Crippen LogP contribution is 2.46. The van der Waals surface area contributed by atoms with E-state index in [0.717, 1.165) is 70.4 Å². The maximum atomic E-state index is 12.6. The molecule has 158 valence electrons. The van der Waals surface area contributed by atoms with E-state index in [-0.39, 0.29) is 5.91 Å². The van der Waals surface area contributed by atoms with Crippen molar-refractivity contribution in [3.8, 4) is 0 Å². The topological polar surface area (TPSA) is 81.5 Å². The van der Waals surface area contributed by atoms with Crippen LogP contribution < -0.4 is 4.90 Å². The van der Waals surface area contributed by atoms with Gasteiger partial charge in [0.1, 0.15) is 0 Å². The molecule has 1 aliphatic carbocycles. The van der Waals surface area contributed by atoms with Crippen LogP contribution in [0.3, 0.4) is 0 Å². The van der Waals surface area contributed by atoms with E-state index < -0.39 is 15.3 Å². The maximum absolute atomic E-state index is 12.6. The van der Waals surface area contributed by atoms with E-state index in [1.54, 1.807) is 12.1 Å². The molecular weight excluding hydrogens is 386 g/mol. The fraction of sp³-hybridized carbons (Fsp3) is 0.636. The van der Waals surface area contributed by atoms with Crippen molar-refractivity contribution < 1.29 is 13.2 Å². The molecule has 3 aliphatic rings. The number of carbonyl (C=O) groups is 1. The largest absolute Gasteiger partial charge is 0.372 e. The van der Waals surface area contributed by atoms with Crippen LogP contribution in [0.5, 0.6) is 0 Å². The van der Waals surface area contributed by atoms with Crippen molar-refractivity contribution in [2.75, 3.05) is 37.3 Å². The molecule has 6 nitrogen and oxygen atoms in total. The van der Waals surface area contributed by atoms with Gasteiger partial charge in [0, 0.05) is 44.3 Å². The smallest absolute Gasteiger partial charge is 0.234 e. The van der Waals surface area contributed by atoms with Crippen LogP contribution in [0, 0.1) is 22.7 Å². The molecule has 4 rings (SSSR count). The number of likely N-dealkylation sites (tertiary alicyclic amines) is 1. The van der Waals surface area contributed by atoms with Gasteiger partial charge < -0.3 is 15.2 Å². The molecule has 1 N–H and O–H groups in total. The van der Waals surface area contributed by atoms with Gasteiger partial charge in [0.05, 0.1) is 10.3 Å². The normalized spacial score (nSPS) is 23.1. The maximum Gasteiger partial charge on any atom is 0.234 e. The van der Waals surface area contributed by atoms with Crippen molar-refractivity contribution >= 4 is 27.6 Å². The second-order valence-electron chi connectivity index (χ2n) is 9.02. The zero-order valence-corrected chi connectivity index (χ0v) is 18.0. The molecule has 0 bridgehead atoms. The van der Waals surface area contributed by atoms with Crippen LogP contribution in [0.4, 0.5) is 5.69 Å². The first-order chi connectivity index (χ1) is 13.8. The minimum atomic E-state index is -3.15. The number of carbonyl (C=O) groups excluding carboxylic acids is 1. The van der Waals surface area contributed by atoms with E-state index >= 15 is 0 Å². The number of nitrogens with one attached hydrogen (secondary N) is 1. The molecule has 29 heavy (non-hydrogen) atoms. The zero-order valence-electron chi connectivity index (χ0n) is 17.1. The van der Waals surface area contributed by atoms with Crippen molar-refractivity contribution in [3.05, 3.63) is 24.3 Å². The standard InChI is InChI=1S/C22H31N3O3S/c1-29(27,28)20-4-2-19(3-5-20)24-12-6-17(7-13-24)18-8-14-25(15-9-18)21(26)22(16-23)10-11-22/h2-5,16-18,23H,6-15H2,1H3. The van der Waals surface area contributed by atoms with Crippen LogP contribution in [0.2, 0.25) is 0 Å². The van der Waals surface area contributed by atoms with Gasteiger partial charge in [-0.25, -0.2) is 8.42 Å². The molecule has 0 aromatic heterocycles. The SMILES string of the molecule is CS(=O)(=O)c1ccc(N2CCC(C3CCN(C(=O)C4(C=N)CC4)CC3)CC2)cc1. The lowest BCUT2D eigenvalue weighted by Crippen LogP contribution is -2.45. The Bertz CT molecular complexity index is 861. The van der Waals surface area contributed by atoms with Crippen molar-refractivity contribution in [3.63, 3.8) is 0 Å². The minimum absolute atomic E-state index is 0.179. The molecular formula is C22H31N3O3S. The molecule has 0 atom stereocenters. The summed E-state index contributed by atoms with van der Waals surface area (Å²) in [5, 5.41) is 7.54. The second kappa shape index (κ2) is 7.74. The summed E-state index contributed by atoms with van der Waals surface area (Å²) in [5.41, 5.74) is 0.642. The Morgan fingerprint density at radius 1 is 1.00 bits per heavy atom. The van der Waals surface area contributed by atoms with Crippen LogP contribution >= 0.6 is 0 Å². The van der Waals surface area contributed by atoms with Gasteiger partial charge in [0.2, 0.25) is 5.91 Å². The van der Waals surface area contributed by atoms with E-state index in [9.17, 15) is 13.2 Å². The van der Waals surface area contributed by atoms with Crippen LogP contribution in [0.25, 0.3) is 0 Å². The molecule has 1 aromatic carbocycles. The Morgan fingerprint density at radius 2 is 1.52 bits per heavy atom. The lowest BCUT2D eigenvalue weighted by molar-refractivity contribution is -0.136. The summed E-state index contributed by atoms with van der Waals surface area (Å²) in [5.74, 6) is 1.57. The number of amides is 1. The van der Waals surface area contributed by atoms with E-state index in [4.69, 9.17) is 5.41 Å². The number of nitrogens with zero attached hydrogens (tertiary/aromatic N) is 2. The number of sulfone groups is 1. The first-order valence-electron chi connectivity index (χ1n) is 10.7. The Hall–Kier alpha value is -1.89. The van der Waals surface area contributed by atoms with Crippen LogP contribution in [0.15, 0.2) is 29.2 Å². The molecule has 2 aliphatic heterocycles. The molecule has 2 heterocycles. The second-order valence-corrected chi connectivity index (χ2v) is 11.0. The van der Waals surface area contributed by atoms with Crippen molar-refractivity contribution in [1.29, 1.82) is 5.41 Å². The highest BCUT2D eigenvalue weighted by Gasteiger charge is 2.50. The first kappa shape index (κ1) is 20.4. The third-order valence-electron chi connectivity index (χ3n) is 7.15. The number of piperidine rings is 2. The number of hydrogen-bond acceptors (Lipinski definition) is 5. The van der Waals surface area contributed by atoms with Crippen LogP contribution in [0.1, 0.15) is 38.5 Å². The molecule has 1 saturated carbocycles. The van der Waals surface area contributed by atoms with Gasteiger partial charge in [0.25, 0.3) is 0 Å². The monoisotopic (exact) mass is 417 g/mol. The molecule has 0 spiro atoms. The Morgan fingerprint density at radius 3 is 1.97 bits per heavy atom. The summed E-state index contributed by atoms with van der Waals surface area (Å²) in [6.07, 6.45) is 8.74. The Kier molecular flexibility index (Phi) is 5.44. The summed E-state index contributed by atoms with van der Waals surface area (Å²) >= 11 is 0. The zero-order chi connectivity index (χ0) is 20.6. The van der Waals surface area contributed by atoms with E-state index in [0.29, 0.717) is 16.7 Å². The molecule has 1 aromatic rings. The highest BCUT2D eigenvalue weighted by molar-refractivity contribution is 7.90. The minimum Gasteiger partial charge on any atom is -0.372 e. The van der Waals surface area contributed by atoms with Gasteiger partial charge in [-0.1, -0.05) is 0 Å². The lowest BCUT2D eigenvalue weighted by atomic mass is 9.78. The Balaban J connectivity index is 1.27. The molecule has 7 heteroatoms. The van der Waals surface area contributed by atoms with Crippen molar-refractivity contribution in [2.24, 2.45) is 17.3 Å². The number of anilines is 1. The average Bonchev–Trinajstić information content (AvgIpc) is 3.54. The van der Waals surface area contributed by atoms with E-state index in [2.05, 4.69) is 4.90 Å². The predicted molar refractivity (Wildman–Crippen MR) is 114 cm³/mol. The van der Waals surface area contributed by atoms with E-state index in [1.807, 2.05) is 17.0 Å². The van der Waals surface area contributed by atoms with Gasteiger partial charge in [-0.2, -0.15) is 0 Å². The highest BCUT2D eigenvalue weighted by atomic mass is 32.2. The third-order valence-corrected chi connectivity index (χ3v) is 8.28. The van der Waals surface area contributed by atoms with Gasteiger partial charge in [-0.15, -0.1) is 0 Å². The average molecular weight is 418 g/mol. The van der Waals surface area contributed by atoms with Gasteiger partial charge in [-0.05, 0) is 74.6 Å². The number of benzene rings is 1. The van der Waals surface area contributed by atoms with E-state index in [1.165, 1.54) is 12.5 Å². The summed E-state index contributed by atoms with van der Waals surface area (Å²) < 4.78 is 23.3. The van der Waals surface area contributed by atoms with Crippen molar-refractivity contribution in [1.82, 2.24) is 4.90 Å². The predicted octanol–water partition coefficient (Wildman–Crippen LogP) is 2.97. The number of hydrogen-bond donors (Lipinski definition) is 1. The van der Waals surface area contributed by atoms with Crippen LogP contribution in [-0.2, 0) is 14.6 Å². The summed E-state index contributed by atoms with van der Waals surface area (Å²) in [4.78, 5) is 17.3. The molecule has 0 unspecified atom stereocenters. The van der Waals surface area contributed by atoms with Crippen molar-refractivity contribution in [2.45, 2.75) is 43.4 Å². The molecule has 1 amide bonds. The Labute approximate surface area is 173 Å². The fourth-order valence-corrected chi connectivity index (χ4v) is 5.61. The summed E-state index contributed by atoms with van der Waals surface area (Å²) in [6.45, 7) is 3.68. The molecule has 0 radical (unpaired) electrons. The molecule has 2 saturated heterocycles. The molecule has 3 fully saturated rings. The number of rotatable bonds is 5. The van der Waals surface area contributed by atoms with Crippen LogP contribution in [-0.4, -0.2) is 57.9 Å². The lowest BCUT2D eigenvalue weighted by Gasteiger charge is -2.41. The summed E-state index contributed by atoms with van der Waals surface area (Å²) in [7, 11) is -3.15. The third kappa shape index (κ3) is 4.20. The van der Waals surface area contributed by atoms with Gasteiger partial charge in [-0.3, -0.25) is 4.79 Å².